The van der Waals surface area contributed by atoms with E-state index < -0.39 is 6.17 Å². The molecule has 0 aliphatic carbocycles. The first-order valence-corrected chi connectivity index (χ1v) is 10.8. The zero-order valence-corrected chi connectivity index (χ0v) is 18.0. The maximum atomic E-state index is 13.4. The summed E-state index contributed by atoms with van der Waals surface area (Å²) in [6, 6.07) is 17.4. The SMILES string of the molecule is O=C1CN2C(=O)CN(Cc3cccc4ccccc34)N(C(=O)NCc3ccncc3)C2CN1. The van der Waals surface area contributed by atoms with Gasteiger partial charge in [-0.15, -0.1) is 0 Å². The molecule has 3 aromatic rings. The van der Waals surface area contributed by atoms with Gasteiger partial charge in [0.15, 0.2) is 0 Å². The second kappa shape index (κ2) is 8.87. The van der Waals surface area contributed by atoms with E-state index in [9.17, 15) is 14.4 Å². The lowest BCUT2D eigenvalue weighted by Gasteiger charge is -2.50. The van der Waals surface area contributed by atoms with Crippen LogP contribution in [-0.2, 0) is 22.7 Å². The van der Waals surface area contributed by atoms with Crippen LogP contribution in [0.1, 0.15) is 11.1 Å². The first-order valence-electron chi connectivity index (χ1n) is 10.8. The van der Waals surface area contributed by atoms with E-state index in [1.54, 1.807) is 22.4 Å². The van der Waals surface area contributed by atoms with Gasteiger partial charge in [-0.1, -0.05) is 42.5 Å². The number of nitrogens with one attached hydrogen (secondary N) is 2. The maximum Gasteiger partial charge on any atom is 0.334 e. The molecule has 9 nitrogen and oxygen atoms in total. The highest BCUT2D eigenvalue weighted by molar-refractivity contribution is 5.89. The monoisotopic (exact) mass is 444 g/mol. The number of carbonyl (C=O) groups excluding carboxylic acids is 3. The van der Waals surface area contributed by atoms with Crippen molar-refractivity contribution in [3.63, 3.8) is 0 Å². The Morgan fingerprint density at radius 2 is 1.82 bits per heavy atom. The van der Waals surface area contributed by atoms with Crippen LogP contribution < -0.4 is 10.6 Å². The van der Waals surface area contributed by atoms with Crippen LogP contribution in [0.2, 0.25) is 0 Å². The van der Waals surface area contributed by atoms with Crippen LogP contribution in [0.15, 0.2) is 67.0 Å². The molecule has 0 saturated carbocycles. The normalized spacial score (nSPS) is 18.7. The van der Waals surface area contributed by atoms with E-state index in [1.165, 1.54) is 4.90 Å². The highest BCUT2D eigenvalue weighted by Crippen LogP contribution is 2.25. The number of benzene rings is 2. The molecule has 2 aromatic carbocycles. The molecule has 0 radical (unpaired) electrons. The number of urea groups is 1. The van der Waals surface area contributed by atoms with Crippen molar-refractivity contribution in [1.82, 2.24) is 30.5 Å². The van der Waals surface area contributed by atoms with Crippen LogP contribution in [-0.4, -0.2) is 63.5 Å². The van der Waals surface area contributed by atoms with Crippen molar-refractivity contribution in [2.45, 2.75) is 19.3 Å². The Labute approximate surface area is 190 Å². The van der Waals surface area contributed by atoms with Gasteiger partial charge in [0, 0.05) is 25.5 Å². The van der Waals surface area contributed by atoms with Gasteiger partial charge >= 0.3 is 6.03 Å². The van der Waals surface area contributed by atoms with Gasteiger partial charge in [-0.3, -0.25) is 14.6 Å². The van der Waals surface area contributed by atoms with Crippen molar-refractivity contribution >= 4 is 28.6 Å². The number of fused-ring (bicyclic) bond motifs is 2. The molecule has 168 valence electrons. The molecule has 2 aliphatic heterocycles. The van der Waals surface area contributed by atoms with Crippen molar-refractivity contribution in [1.29, 1.82) is 0 Å². The van der Waals surface area contributed by atoms with E-state index in [0.29, 0.717) is 13.1 Å². The summed E-state index contributed by atoms with van der Waals surface area (Å²) in [6.45, 7) is 0.843. The Bertz CT molecular complexity index is 1200. The number of nitrogens with zero attached hydrogens (tertiary/aromatic N) is 4. The van der Waals surface area contributed by atoms with Gasteiger partial charge in [0.1, 0.15) is 12.7 Å². The fraction of sp³-hybridized carbons (Fsp3) is 0.250. The minimum absolute atomic E-state index is 0.00960. The average Bonchev–Trinajstić information content (AvgIpc) is 2.84. The van der Waals surface area contributed by atoms with Crippen molar-refractivity contribution < 1.29 is 14.4 Å². The molecule has 2 N–H and O–H groups in total. The third-order valence-electron chi connectivity index (χ3n) is 6.01. The number of rotatable bonds is 4. The van der Waals surface area contributed by atoms with Gasteiger partial charge < -0.3 is 15.5 Å². The number of amides is 4. The predicted molar refractivity (Wildman–Crippen MR) is 121 cm³/mol. The molecule has 3 heterocycles. The van der Waals surface area contributed by atoms with Gasteiger partial charge in [-0.25, -0.2) is 14.8 Å². The predicted octanol–water partition coefficient (Wildman–Crippen LogP) is 1.46. The summed E-state index contributed by atoms with van der Waals surface area (Å²) >= 11 is 0. The molecular weight excluding hydrogens is 420 g/mol. The Morgan fingerprint density at radius 3 is 2.67 bits per heavy atom. The van der Waals surface area contributed by atoms with E-state index in [4.69, 9.17) is 0 Å². The van der Waals surface area contributed by atoms with Crippen LogP contribution in [0.5, 0.6) is 0 Å². The molecule has 0 spiro atoms. The van der Waals surface area contributed by atoms with Gasteiger partial charge in [-0.2, -0.15) is 0 Å². The molecule has 2 fully saturated rings. The van der Waals surface area contributed by atoms with Crippen LogP contribution in [0.3, 0.4) is 0 Å². The molecule has 0 bridgehead atoms. The van der Waals surface area contributed by atoms with Crippen LogP contribution in [0, 0.1) is 0 Å². The maximum absolute atomic E-state index is 13.4. The van der Waals surface area contributed by atoms with Crippen molar-refractivity contribution in [2.24, 2.45) is 0 Å². The summed E-state index contributed by atoms with van der Waals surface area (Å²) in [5.74, 6) is -0.396. The molecule has 4 amide bonds. The fourth-order valence-electron chi connectivity index (χ4n) is 4.40. The minimum Gasteiger partial charge on any atom is -0.351 e. The summed E-state index contributed by atoms with van der Waals surface area (Å²) in [7, 11) is 0. The van der Waals surface area contributed by atoms with Gasteiger partial charge in [0.2, 0.25) is 11.8 Å². The second-order valence-corrected chi connectivity index (χ2v) is 8.13. The largest absolute Gasteiger partial charge is 0.351 e. The Hall–Kier alpha value is -3.98. The highest BCUT2D eigenvalue weighted by Gasteiger charge is 2.44. The molecule has 1 unspecified atom stereocenters. The molecule has 2 aliphatic rings. The molecular formula is C24H24N6O3. The summed E-state index contributed by atoms with van der Waals surface area (Å²) in [5.41, 5.74) is 1.93. The average molecular weight is 444 g/mol. The molecule has 2 saturated heterocycles. The Morgan fingerprint density at radius 1 is 1.03 bits per heavy atom. The first-order chi connectivity index (χ1) is 16.1. The Balaban J connectivity index is 1.44. The van der Waals surface area contributed by atoms with E-state index in [0.717, 1.165) is 21.9 Å². The van der Waals surface area contributed by atoms with Crippen LogP contribution in [0.4, 0.5) is 4.79 Å². The second-order valence-electron chi connectivity index (χ2n) is 8.13. The third kappa shape index (κ3) is 4.22. The number of hydrogen-bond donors (Lipinski definition) is 2. The topological polar surface area (TPSA) is 97.9 Å². The minimum atomic E-state index is -0.587. The van der Waals surface area contributed by atoms with Gasteiger partial charge in [-0.05, 0) is 34.0 Å². The lowest BCUT2D eigenvalue weighted by Crippen LogP contribution is -2.73. The number of carbonyl (C=O) groups is 3. The molecule has 1 aromatic heterocycles. The first kappa shape index (κ1) is 20.9. The summed E-state index contributed by atoms with van der Waals surface area (Å²) in [4.78, 5) is 43.7. The van der Waals surface area contributed by atoms with E-state index in [1.807, 2.05) is 54.6 Å². The fourth-order valence-corrected chi connectivity index (χ4v) is 4.40. The molecule has 5 rings (SSSR count). The standard InChI is InChI=1S/C24H24N6O3/c31-21-15-29-22(13-26-21)30(24(33)27-12-17-8-10-25-11-9-17)28(16-23(29)32)14-19-6-3-5-18-4-1-2-7-20(18)19/h1-11,22H,12-16H2,(H,26,31)(H,27,33). The van der Waals surface area contributed by atoms with Gasteiger partial charge in [0.25, 0.3) is 0 Å². The zero-order chi connectivity index (χ0) is 22.8. The summed E-state index contributed by atoms with van der Waals surface area (Å²) in [5, 5.41) is 11.2. The van der Waals surface area contributed by atoms with E-state index in [2.05, 4.69) is 15.6 Å². The van der Waals surface area contributed by atoms with Crippen molar-refractivity contribution in [2.75, 3.05) is 19.6 Å². The van der Waals surface area contributed by atoms with E-state index >= 15 is 0 Å². The smallest absolute Gasteiger partial charge is 0.334 e. The quantitative estimate of drug-likeness (QED) is 0.635. The molecule has 9 heteroatoms. The lowest BCUT2D eigenvalue weighted by atomic mass is 10.0. The van der Waals surface area contributed by atoms with Gasteiger partial charge in [0.05, 0.1) is 13.1 Å². The van der Waals surface area contributed by atoms with Crippen LogP contribution in [0.25, 0.3) is 10.8 Å². The third-order valence-corrected chi connectivity index (χ3v) is 6.01. The van der Waals surface area contributed by atoms with Crippen molar-refractivity contribution in [3.05, 3.63) is 78.1 Å². The lowest BCUT2D eigenvalue weighted by molar-refractivity contribution is -0.174. The number of aromatic nitrogens is 1. The van der Waals surface area contributed by atoms with Crippen LogP contribution >= 0.6 is 0 Å². The molecule has 1 atom stereocenters. The Kier molecular flexibility index (Phi) is 5.62. The van der Waals surface area contributed by atoms with Crippen molar-refractivity contribution in [3.8, 4) is 0 Å². The molecule has 33 heavy (non-hydrogen) atoms. The summed E-state index contributed by atoms with van der Waals surface area (Å²) < 4.78 is 0. The highest BCUT2D eigenvalue weighted by atomic mass is 16.2. The summed E-state index contributed by atoms with van der Waals surface area (Å²) in [6.07, 6.45) is 2.76. The number of pyridine rings is 1. The zero-order valence-electron chi connectivity index (χ0n) is 18.0. The number of piperazine rings is 1. The number of hydrazine groups is 1. The van der Waals surface area contributed by atoms with E-state index in [-0.39, 0.29) is 37.5 Å². The number of hydrogen-bond acceptors (Lipinski definition) is 5.